The number of nitrogens with zero attached hydrogens (tertiary/aromatic N) is 3. The number of hydrogen-bond donors (Lipinski definition) is 0. The van der Waals surface area contributed by atoms with E-state index in [2.05, 4.69) is 5.16 Å². The van der Waals surface area contributed by atoms with Crippen molar-refractivity contribution in [3.05, 3.63) is 60.0 Å². The maximum atomic E-state index is 12.7. The zero-order chi connectivity index (χ0) is 19.5. The van der Waals surface area contributed by atoms with Crippen LogP contribution in [0.4, 0.5) is 0 Å². The second kappa shape index (κ2) is 7.59. The molecule has 0 atom stereocenters. The average Bonchev–Trinajstić information content (AvgIpc) is 3.44. The van der Waals surface area contributed by atoms with Crippen LogP contribution in [0.25, 0.3) is 11.5 Å². The third-order valence-electron chi connectivity index (χ3n) is 4.66. The number of furan rings is 1. The van der Waals surface area contributed by atoms with Crippen LogP contribution in [-0.4, -0.2) is 60.1 Å². The van der Waals surface area contributed by atoms with Crippen LogP contribution in [0.5, 0.6) is 5.75 Å². The van der Waals surface area contributed by atoms with Crippen LogP contribution >= 0.6 is 0 Å². The molecule has 0 radical (unpaired) electrons. The number of benzene rings is 1. The van der Waals surface area contributed by atoms with Crippen LogP contribution in [0.15, 0.2) is 57.7 Å². The highest BCUT2D eigenvalue weighted by Crippen LogP contribution is 2.22. The quantitative estimate of drug-likeness (QED) is 0.690. The number of piperazine rings is 1. The number of hydrogen-bond acceptors (Lipinski definition) is 6. The van der Waals surface area contributed by atoms with Gasteiger partial charge in [0.05, 0.1) is 13.4 Å². The predicted octanol–water partition coefficient (Wildman–Crippen LogP) is 2.54. The minimum absolute atomic E-state index is 0.0764. The fraction of sp³-hybridized carbons (Fsp3) is 0.250. The maximum Gasteiger partial charge on any atom is 0.276 e. The van der Waals surface area contributed by atoms with Gasteiger partial charge in [-0.1, -0.05) is 11.2 Å². The van der Waals surface area contributed by atoms with Crippen LogP contribution < -0.4 is 4.74 Å². The molecule has 1 saturated heterocycles. The van der Waals surface area contributed by atoms with Crippen molar-refractivity contribution in [2.75, 3.05) is 33.3 Å². The van der Waals surface area contributed by atoms with Gasteiger partial charge in [-0.3, -0.25) is 9.59 Å². The molecule has 8 heteroatoms. The molecule has 144 valence electrons. The summed E-state index contributed by atoms with van der Waals surface area (Å²) in [6, 6.07) is 12.1. The first-order valence-electron chi connectivity index (χ1n) is 8.89. The van der Waals surface area contributed by atoms with E-state index >= 15 is 0 Å². The Morgan fingerprint density at radius 2 is 1.71 bits per heavy atom. The van der Waals surface area contributed by atoms with E-state index in [1.165, 1.54) is 6.26 Å². The number of methoxy groups -OCH3 is 1. The minimum atomic E-state index is -0.227. The van der Waals surface area contributed by atoms with Gasteiger partial charge < -0.3 is 23.5 Å². The van der Waals surface area contributed by atoms with Gasteiger partial charge in [0.25, 0.3) is 11.8 Å². The van der Waals surface area contributed by atoms with Crippen LogP contribution in [0.3, 0.4) is 0 Å². The van der Waals surface area contributed by atoms with E-state index < -0.39 is 0 Å². The van der Waals surface area contributed by atoms with Gasteiger partial charge in [-0.05, 0) is 30.3 Å². The molecule has 28 heavy (non-hydrogen) atoms. The number of rotatable bonds is 4. The van der Waals surface area contributed by atoms with Crippen molar-refractivity contribution < 1.29 is 23.3 Å². The molecule has 3 heterocycles. The molecule has 1 aromatic carbocycles. The first-order chi connectivity index (χ1) is 13.7. The summed E-state index contributed by atoms with van der Waals surface area (Å²) >= 11 is 0. The Hall–Kier alpha value is -3.55. The Morgan fingerprint density at radius 3 is 2.39 bits per heavy atom. The summed E-state index contributed by atoms with van der Waals surface area (Å²) in [6.07, 6.45) is 1.53. The summed E-state index contributed by atoms with van der Waals surface area (Å²) in [5.74, 6) is 1.25. The molecule has 1 fully saturated rings. The van der Waals surface area contributed by atoms with Gasteiger partial charge in [0.1, 0.15) is 5.75 Å². The first-order valence-corrected chi connectivity index (χ1v) is 8.89. The normalized spacial score (nSPS) is 14.2. The molecule has 2 amide bonds. The lowest BCUT2D eigenvalue weighted by molar-refractivity contribution is 0.0529. The highest BCUT2D eigenvalue weighted by Gasteiger charge is 2.27. The molecule has 0 bridgehead atoms. The molecular formula is C20H19N3O5. The highest BCUT2D eigenvalue weighted by atomic mass is 16.5. The average molecular weight is 381 g/mol. The van der Waals surface area contributed by atoms with Crippen LogP contribution in [0.1, 0.15) is 20.8 Å². The SMILES string of the molecule is COc1cccc(C(=O)N2CCN(C(=O)c3cc(-c4ccco4)on3)CC2)c1. The Bertz CT molecular complexity index is 971. The van der Waals surface area contributed by atoms with Crippen molar-refractivity contribution >= 4 is 11.8 Å². The molecule has 4 rings (SSSR count). The zero-order valence-electron chi connectivity index (χ0n) is 15.3. The van der Waals surface area contributed by atoms with Crippen LogP contribution in [0, 0.1) is 0 Å². The summed E-state index contributed by atoms with van der Waals surface area (Å²) in [6.45, 7) is 1.75. The molecular weight excluding hydrogens is 362 g/mol. The molecule has 3 aromatic rings. The second-order valence-corrected chi connectivity index (χ2v) is 6.37. The maximum absolute atomic E-state index is 12.7. The van der Waals surface area contributed by atoms with Gasteiger partial charge in [-0.25, -0.2) is 0 Å². The number of amides is 2. The molecule has 1 aliphatic heterocycles. The fourth-order valence-electron chi connectivity index (χ4n) is 3.12. The van der Waals surface area contributed by atoms with Crippen molar-refractivity contribution in [2.45, 2.75) is 0 Å². The summed E-state index contributed by atoms with van der Waals surface area (Å²) in [5.41, 5.74) is 0.790. The zero-order valence-corrected chi connectivity index (χ0v) is 15.3. The molecule has 0 aliphatic carbocycles. The molecule has 0 spiro atoms. The number of aromatic nitrogens is 1. The molecule has 0 N–H and O–H groups in total. The van der Waals surface area contributed by atoms with Crippen molar-refractivity contribution in [3.8, 4) is 17.3 Å². The predicted molar refractivity (Wildman–Crippen MR) is 99.0 cm³/mol. The summed E-state index contributed by atoms with van der Waals surface area (Å²) in [5, 5.41) is 3.85. The van der Waals surface area contributed by atoms with Gasteiger partial charge >= 0.3 is 0 Å². The lowest BCUT2D eigenvalue weighted by Gasteiger charge is -2.34. The largest absolute Gasteiger partial charge is 0.497 e. The van der Waals surface area contributed by atoms with Gasteiger partial charge in [-0.2, -0.15) is 0 Å². The number of carbonyl (C=O) groups excluding carboxylic acids is 2. The van der Waals surface area contributed by atoms with E-state index in [0.717, 1.165) is 0 Å². The van der Waals surface area contributed by atoms with E-state index in [9.17, 15) is 9.59 Å². The third kappa shape index (κ3) is 3.48. The second-order valence-electron chi connectivity index (χ2n) is 6.37. The minimum Gasteiger partial charge on any atom is -0.497 e. The van der Waals surface area contributed by atoms with Gasteiger partial charge in [0, 0.05) is 37.8 Å². The smallest absolute Gasteiger partial charge is 0.276 e. The van der Waals surface area contributed by atoms with Crippen molar-refractivity contribution in [1.82, 2.24) is 15.0 Å². The number of ether oxygens (including phenoxy) is 1. The van der Waals surface area contributed by atoms with E-state index in [1.807, 2.05) is 0 Å². The first kappa shape index (κ1) is 17.8. The third-order valence-corrected chi connectivity index (χ3v) is 4.66. The number of carbonyl (C=O) groups is 2. The van der Waals surface area contributed by atoms with Crippen molar-refractivity contribution in [2.24, 2.45) is 0 Å². The van der Waals surface area contributed by atoms with E-state index in [1.54, 1.807) is 59.4 Å². The van der Waals surface area contributed by atoms with E-state index in [4.69, 9.17) is 13.7 Å². The Labute approximate surface area is 161 Å². The van der Waals surface area contributed by atoms with Crippen LogP contribution in [0.2, 0.25) is 0 Å². The molecule has 0 saturated carbocycles. The van der Waals surface area contributed by atoms with Gasteiger partial charge in [0.2, 0.25) is 5.76 Å². The molecule has 8 nitrogen and oxygen atoms in total. The Morgan fingerprint density at radius 1 is 0.964 bits per heavy atom. The fourth-order valence-corrected chi connectivity index (χ4v) is 3.12. The van der Waals surface area contributed by atoms with Gasteiger partial charge in [0.15, 0.2) is 11.5 Å². The molecule has 1 aliphatic rings. The molecule has 0 unspecified atom stereocenters. The Balaban J connectivity index is 1.38. The lowest BCUT2D eigenvalue weighted by Crippen LogP contribution is -2.50. The topological polar surface area (TPSA) is 89.0 Å². The van der Waals surface area contributed by atoms with E-state index in [-0.39, 0.29) is 17.5 Å². The van der Waals surface area contributed by atoms with Gasteiger partial charge in [-0.15, -0.1) is 0 Å². The monoisotopic (exact) mass is 381 g/mol. The summed E-state index contributed by atoms with van der Waals surface area (Å²) in [4.78, 5) is 28.7. The van der Waals surface area contributed by atoms with Crippen molar-refractivity contribution in [1.29, 1.82) is 0 Å². The van der Waals surface area contributed by atoms with E-state index in [0.29, 0.717) is 49.0 Å². The standard InChI is InChI=1S/C20H19N3O5/c1-26-15-5-2-4-14(12-15)19(24)22-7-9-23(10-8-22)20(25)16-13-18(28-21-16)17-6-3-11-27-17/h2-6,11-13H,7-10H2,1H3. The summed E-state index contributed by atoms with van der Waals surface area (Å²) in [7, 11) is 1.56. The van der Waals surface area contributed by atoms with Crippen LogP contribution in [-0.2, 0) is 0 Å². The molecule has 2 aromatic heterocycles. The lowest BCUT2D eigenvalue weighted by atomic mass is 10.1. The summed E-state index contributed by atoms with van der Waals surface area (Å²) < 4.78 is 15.6. The highest BCUT2D eigenvalue weighted by molar-refractivity contribution is 5.95. The van der Waals surface area contributed by atoms with Crippen molar-refractivity contribution in [3.63, 3.8) is 0 Å². The Kier molecular flexibility index (Phi) is 4.84.